The van der Waals surface area contributed by atoms with Crippen LogP contribution in [0.3, 0.4) is 0 Å². The molecule has 100 valence electrons. The van der Waals surface area contributed by atoms with Crippen LogP contribution in [0.4, 0.5) is 5.82 Å². The second-order valence-corrected chi connectivity index (χ2v) is 5.38. The molecule has 0 radical (unpaired) electrons. The van der Waals surface area contributed by atoms with Gasteiger partial charge in [-0.15, -0.1) is 11.8 Å². The van der Waals surface area contributed by atoms with Crippen LogP contribution >= 0.6 is 11.8 Å². The largest absolute Gasteiger partial charge is 0.383 e. The fraction of sp³-hybridized carbons (Fsp3) is 0.286. The molecular weight excluding hydrogens is 258 g/mol. The third kappa shape index (κ3) is 3.38. The van der Waals surface area contributed by atoms with Gasteiger partial charge in [0.05, 0.1) is 11.3 Å². The van der Waals surface area contributed by atoms with Crippen LogP contribution in [0.5, 0.6) is 0 Å². The van der Waals surface area contributed by atoms with Gasteiger partial charge in [0.25, 0.3) is 5.56 Å². The SMILES string of the molecule is CCc1c(N)nc(CSc2cccc(C)c2)[nH]c1=O. The van der Waals surface area contributed by atoms with E-state index in [0.29, 0.717) is 29.4 Å². The number of benzene rings is 1. The number of nitrogens with one attached hydrogen (secondary N) is 1. The highest BCUT2D eigenvalue weighted by Gasteiger charge is 2.07. The van der Waals surface area contributed by atoms with Gasteiger partial charge in [0, 0.05) is 4.90 Å². The number of thioether (sulfide) groups is 1. The summed E-state index contributed by atoms with van der Waals surface area (Å²) in [6, 6.07) is 8.21. The highest BCUT2D eigenvalue weighted by Crippen LogP contribution is 2.22. The van der Waals surface area contributed by atoms with Gasteiger partial charge in [0.1, 0.15) is 11.6 Å². The van der Waals surface area contributed by atoms with Crippen molar-refractivity contribution in [1.29, 1.82) is 0 Å². The van der Waals surface area contributed by atoms with Crippen LogP contribution in [0.25, 0.3) is 0 Å². The van der Waals surface area contributed by atoms with E-state index < -0.39 is 0 Å². The lowest BCUT2D eigenvalue weighted by atomic mass is 10.2. The molecule has 2 rings (SSSR count). The van der Waals surface area contributed by atoms with Crippen LogP contribution in [0.2, 0.25) is 0 Å². The van der Waals surface area contributed by atoms with Crippen molar-refractivity contribution in [1.82, 2.24) is 9.97 Å². The normalized spacial score (nSPS) is 10.6. The molecule has 1 heterocycles. The van der Waals surface area contributed by atoms with Crippen LogP contribution in [-0.2, 0) is 12.2 Å². The van der Waals surface area contributed by atoms with Crippen LogP contribution in [0, 0.1) is 6.92 Å². The van der Waals surface area contributed by atoms with Crippen molar-refractivity contribution in [3.05, 3.63) is 51.6 Å². The fourth-order valence-electron chi connectivity index (χ4n) is 1.83. The third-order valence-corrected chi connectivity index (χ3v) is 3.82. The number of aromatic nitrogens is 2. The van der Waals surface area contributed by atoms with Crippen LogP contribution in [0.1, 0.15) is 23.9 Å². The number of hydrogen-bond acceptors (Lipinski definition) is 4. The Labute approximate surface area is 116 Å². The lowest BCUT2D eigenvalue weighted by Gasteiger charge is -2.05. The number of aryl methyl sites for hydroxylation is 1. The molecule has 4 nitrogen and oxygen atoms in total. The summed E-state index contributed by atoms with van der Waals surface area (Å²) in [7, 11) is 0. The Bertz CT molecular complexity index is 637. The van der Waals surface area contributed by atoms with Gasteiger partial charge in [-0.05, 0) is 25.5 Å². The van der Waals surface area contributed by atoms with Gasteiger partial charge >= 0.3 is 0 Å². The molecule has 19 heavy (non-hydrogen) atoms. The van der Waals surface area contributed by atoms with E-state index in [2.05, 4.69) is 29.0 Å². The van der Waals surface area contributed by atoms with Crippen molar-refractivity contribution in [2.24, 2.45) is 0 Å². The molecule has 0 atom stereocenters. The van der Waals surface area contributed by atoms with Gasteiger partial charge < -0.3 is 10.7 Å². The topological polar surface area (TPSA) is 71.8 Å². The molecule has 0 saturated heterocycles. The maximum atomic E-state index is 11.8. The predicted molar refractivity (Wildman–Crippen MR) is 79.4 cm³/mol. The predicted octanol–water partition coefficient (Wildman–Crippen LogP) is 2.52. The second-order valence-electron chi connectivity index (χ2n) is 4.34. The Hall–Kier alpha value is -1.75. The van der Waals surface area contributed by atoms with E-state index in [0.717, 1.165) is 4.90 Å². The smallest absolute Gasteiger partial charge is 0.256 e. The number of nitrogens with two attached hydrogens (primary N) is 1. The van der Waals surface area contributed by atoms with Crippen molar-refractivity contribution >= 4 is 17.6 Å². The highest BCUT2D eigenvalue weighted by molar-refractivity contribution is 7.98. The second kappa shape index (κ2) is 5.93. The molecule has 0 aliphatic rings. The first kappa shape index (κ1) is 13.7. The molecule has 0 bridgehead atoms. The number of rotatable bonds is 4. The summed E-state index contributed by atoms with van der Waals surface area (Å²) in [5.41, 5.74) is 7.43. The maximum Gasteiger partial charge on any atom is 0.256 e. The quantitative estimate of drug-likeness (QED) is 0.841. The van der Waals surface area contributed by atoms with Crippen molar-refractivity contribution in [2.45, 2.75) is 30.9 Å². The van der Waals surface area contributed by atoms with E-state index in [-0.39, 0.29) is 5.56 Å². The molecule has 5 heteroatoms. The average Bonchev–Trinajstić information content (AvgIpc) is 2.36. The van der Waals surface area contributed by atoms with Crippen molar-refractivity contribution < 1.29 is 0 Å². The van der Waals surface area contributed by atoms with Gasteiger partial charge in [0.15, 0.2) is 0 Å². The zero-order valence-electron chi connectivity index (χ0n) is 11.1. The molecule has 1 aromatic heterocycles. The minimum Gasteiger partial charge on any atom is -0.383 e. The standard InChI is InChI=1S/C14H17N3OS/c1-3-11-13(15)16-12(17-14(11)18)8-19-10-6-4-5-9(2)7-10/h4-7H,3,8H2,1-2H3,(H3,15,16,17,18). The van der Waals surface area contributed by atoms with E-state index in [4.69, 9.17) is 5.73 Å². The van der Waals surface area contributed by atoms with Gasteiger partial charge in [-0.1, -0.05) is 24.6 Å². The molecular formula is C14H17N3OS. The zero-order valence-corrected chi connectivity index (χ0v) is 11.9. The van der Waals surface area contributed by atoms with Crippen LogP contribution < -0.4 is 11.3 Å². The Morgan fingerprint density at radius 3 is 2.84 bits per heavy atom. The molecule has 2 aromatic rings. The monoisotopic (exact) mass is 275 g/mol. The van der Waals surface area contributed by atoms with E-state index in [1.54, 1.807) is 11.8 Å². The number of anilines is 1. The summed E-state index contributed by atoms with van der Waals surface area (Å²) < 4.78 is 0. The molecule has 0 saturated carbocycles. The Morgan fingerprint density at radius 2 is 2.21 bits per heavy atom. The molecule has 0 aliphatic carbocycles. The number of nitrogens with zero attached hydrogens (tertiary/aromatic N) is 1. The van der Waals surface area contributed by atoms with E-state index >= 15 is 0 Å². The summed E-state index contributed by atoms with van der Waals surface area (Å²) in [5, 5.41) is 0. The van der Waals surface area contributed by atoms with E-state index in [9.17, 15) is 4.79 Å². The molecule has 1 aromatic carbocycles. The van der Waals surface area contributed by atoms with Crippen LogP contribution in [-0.4, -0.2) is 9.97 Å². The minimum atomic E-state index is -0.130. The number of nitrogen functional groups attached to an aromatic ring is 1. The van der Waals surface area contributed by atoms with E-state index in [1.807, 2.05) is 19.1 Å². The first-order valence-corrected chi connectivity index (χ1v) is 7.15. The van der Waals surface area contributed by atoms with Gasteiger partial charge in [-0.25, -0.2) is 4.98 Å². The molecule has 0 fully saturated rings. The Morgan fingerprint density at radius 1 is 1.42 bits per heavy atom. The van der Waals surface area contributed by atoms with Crippen molar-refractivity contribution in [3.8, 4) is 0 Å². The highest BCUT2D eigenvalue weighted by atomic mass is 32.2. The lowest BCUT2D eigenvalue weighted by Crippen LogP contribution is -2.18. The average molecular weight is 275 g/mol. The van der Waals surface area contributed by atoms with Crippen molar-refractivity contribution in [2.75, 3.05) is 5.73 Å². The van der Waals surface area contributed by atoms with E-state index in [1.165, 1.54) is 5.56 Å². The van der Waals surface area contributed by atoms with Crippen LogP contribution in [0.15, 0.2) is 34.0 Å². The number of H-pyrrole nitrogens is 1. The number of aromatic amines is 1. The molecule has 0 unspecified atom stereocenters. The summed E-state index contributed by atoms with van der Waals surface area (Å²) in [6.45, 7) is 3.95. The molecule has 3 N–H and O–H groups in total. The summed E-state index contributed by atoms with van der Waals surface area (Å²) in [4.78, 5) is 20.0. The molecule has 0 amide bonds. The number of hydrogen-bond donors (Lipinski definition) is 2. The maximum absolute atomic E-state index is 11.8. The van der Waals surface area contributed by atoms with Gasteiger partial charge in [-0.3, -0.25) is 4.79 Å². The third-order valence-electron chi connectivity index (χ3n) is 2.82. The zero-order chi connectivity index (χ0) is 13.8. The van der Waals surface area contributed by atoms with Gasteiger partial charge in [-0.2, -0.15) is 0 Å². The minimum absolute atomic E-state index is 0.130. The Balaban J connectivity index is 2.14. The summed E-state index contributed by atoms with van der Waals surface area (Å²) in [5.74, 6) is 1.56. The van der Waals surface area contributed by atoms with Crippen molar-refractivity contribution in [3.63, 3.8) is 0 Å². The van der Waals surface area contributed by atoms with Gasteiger partial charge in [0.2, 0.25) is 0 Å². The Kier molecular flexibility index (Phi) is 4.27. The summed E-state index contributed by atoms with van der Waals surface area (Å²) in [6.07, 6.45) is 0.597. The molecule has 0 spiro atoms. The lowest BCUT2D eigenvalue weighted by molar-refractivity contribution is 0.953. The molecule has 0 aliphatic heterocycles. The first-order chi connectivity index (χ1) is 9.10. The first-order valence-electron chi connectivity index (χ1n) is 6.17. The summed E-state index contributed by atoms with van der Waals surface area (Å²) >= 11 is 1.63. The fourth-order valence-corrected chi connectivity index (χ4v) is 2.71.